The van der Waals surface area contributed by atoms with Crippen LogP contribution in [-0.2, 0) is 0 Å². The molecule has 0 aliphatic carbocycles. The van der Waals surface area contributed by atoms with E-state index in [2.05, 4.69) is 0 Å². The van der Waals surface area contributed by atoms with Gasteiger partial charge in [0.1, 0.15) is 0 Å². The molecule has 0 saturated carbocycles. The molecule has 0 bridgehead atoms. The van der Waals surface area contributed by atoms with Crippen LogP contribution < -0.4 is 0 Å². The van der Waals surface area contributed by atoms with E-state index in [0.29, 0.717) is 5.56 Å². The van der Waals surface area contributed by atoms with Gasteiger partial charge in [0.25, 0.3) is 0 Å². The van der Waals surface area contributed by atoms with Crippen LogP contribution in [0.2, 0.25) is 0 Å². The van der Waals surface area contributed by atoms with Gasteiger partial charge in [-0.15, -0.1) is 0 Å². The van der Waals surface area contributed by atoms with Crippen LogP contribution >= 0.6 is 0 Å². The van der Waals surface area contributed by atoms with Crippen molar-refractivity contribution in [2.45, 2.75) is 6.92 Å². The van der Waals surface area contributed by atoms with Gasteiger partial charge in [-0.2, -0.15) is 5.26 Å². The molecule has 1 rings (SSSR count). The van der Waals surface area contributed by atoms with Crippen molar-refractivity contribution in [3.05, 3.63) is 41.5 Å². The highest BCUT2D eigenvalue weighted by Gasteiger charge is 2.01. The Labute approximate surface area is 77.1 Å². The Bertz CT molecular complexity index is 385. The van der Waals surface area contributed by atoms with Gasteiger partial charge < -0.3 is 0 Å². The third-order valence-electron chi connectivity index (χ3n) is 1.68. The number of hydrogen-bond donors (Lipinski definition) is 0. The lowest BCUT2D eigenvalue weighted by Crippen LogP contribution is -1.94. The number of rotatable bonds is 2. The van der Waals surface area contributed by atoms with E-state index in [1.54, 1.807) is 18.2 Å². The van der Waals surface area contributed by atoms with Crippen LogP contribution in [0.5, 0.6) is 0 Å². The maximum atomic E-state index is 11.1. The zero-order chi connectivity index (χ0) is 9.68. The van der Waals surface area contributed by atoms with Crippen LogP contribution in [0.1, 0.15) is 22.8 Å². The number of benzene rings is 1. The molecule has 0 atom stereocenters. The Morgan fingerprint density at radius 2 is 2.15 bits per heavy atom. The van der Waals surface area contributed by atoms with Crippen molar-refractivity contribution in [3.63, 3.8) is 0 Å². The minimum Gasteiger partial charge on any atom is -0.294 e. The summed E-state index contributed by atoms with van der Waals surface area (Å²) in [6, 6.07) is 9.09. The molecule has 0 N–H and O–H groups in total. The first-order valence-corrected chi connectivity index (χ1v) is 3.92. The summed E-state index contributed by atoms with van der Waals surface area (Å²) in [7, 11) is 0. The van der Waals surface area contributed by atoms with Crippen LogP contribution in [0, 0.1) is 11.3 Å². The summed E-state index contributed by atoms with van der Waals surface area (Å²) in [5.41, 5.74) is 1.44. The van der Waals surface area contributed by atoms with E-state index in [-0.39, 0.29) is 5.78 Å². The van der Waals surface area contributed by atoms with Gasteiger partial charge in [-0.05, 0) is 18.6 Å². The molecule has 1 aromatic carbocycles. The predicted octanol–water partition coefficient (Wildman–Crippen LogP) is 2.43. The fraction of sp³-hybridized carbons (Fsp3) is 0.0909. The molecule has 0 radical (unpaired) electrons. The molecule has 0 heterocycles. The van der Waals surface area contributed by atoms with Crippen LogP contribution in [0.15, 0.2) is 30.3 Å². The van der Waals surface area contributed by atoms with E-state index < -0.39 is 0 Å². The standard InChI is InChI=1S/C11H9NO/c1-9(13)11-7-3-2-5-10(11)6-4-8-12/h2-7H,1H3. The van der Waals surface area contributed by atoms with Crippen molar-refractivity contribution in [2.24, 2.45) is 0 Å². The zero-order valence-corrected chi connectivity index (χ0v) is 7.32. The first kappa shape index (κ1) is 9.21. The fourth-order valence-electron chi connectivity index (χ4n) is 1.09. The van der Waals surface area contributed by atoms with Gasteiger partial charge in [0.15, 0.2) is 5.78 Å². The summed E-state index contributed by atoms with van der Waals surface area (Å²) < 4.78 is 0. The summed E-state index contributed by atoms with van der Waals surface area (Å²) in [5, 5.41) is 8.34. The number of allylic oxidation sites excluding steroid dienone is 1. The van der Waals surface area contributed by atoms with E-state index in [1.165, 1.54) is 13.0 Å². The second-order valence-corrected chi connectivity index (χ2v) is 2.61. The molecular weight excluding hydrogens is 162 g/mol. The minimum atomic E-state index is 0.0122. The molecule has 2 heteroatoms. The molecule has 0 unspecified atom stereocenters. The smallest absolute Gasteiger partial charge is 0.160 e. The van der Waals surface area contributed by atoms with Crippen molar-refractivity contribution in [3.8, 4) is 6.07 Å². The first-order chi connectivity index (χ1) is 6.25. The topological polar surface area (TPSA) is 40.9 Å². The third kappa shape index (κ3) is 2.28. The Morgan fingerprint density at radius 3 is 2.77 bits per heavy atom. The Morgan fingerprint density at radius 1 is 1.46 bits per heavy atom. The average molecular weight is 171 g/mol. The summed E-state index contributed by atoms with van der Waals surface area (Å²) in [4.78, 5) is 11.1. The summed E-state index contributed by atoms with van der Waals surface area (Å²) in [6.45, 7) is 1.51. The molecule has 0 spiro atoms. The third-order valence-corrected chi connectivity index (χ3v) is 1.68. The lowest BCUT2D eigenvalue weighted by molar-refractivity contribution is 0.101. The molecule has 64 valence electrons. The van der Waals surface area contributed by atoms with Crippen LogP contribution in [-0.4, -0.2) is 5.78 Å². The molecule has 0 amide bonds. The minimum absolute atomic E-state index is 0.0122. The van der Waals surface area contributed by atoms with Crippen molar-refractivity contribution in [2.75, 3.05) is 0 Å². The molecule has 0 saturated heterocycles. The monoisotopic (exact) mass is 171 g/mol. The van der Waals surface area contributed by atoms with E-state index >= 15 is 0 Å². The lowest BCUT2D eigenvalue weighted by atomic mass is 10.0. The number of Topliss-reactive ketones (excluding diaryl/α,β-unsaturated/α-hetero) is 1. The van der Waals surface area contributed by atoms with Gasteiger partial charge >= 0.3 is 0 Å². The van der Waals surface area contributed by atoms with E-state index in [9.17, 15) is 4.79 Å². The van der Waals surface area contributed by atoms with E-state index in [4.69, 9.17) is 5.26 Å². The number of nitriles is 1. The van der Waals surface area contributed by atoms with Crippen LogP contribution in [0.4, 0.5) is 0 Å². The molecular formula is C11H9NO. The first-order valence-electron chi connectivity index (χ1n) is 3.92. The van der Waals surface area contributed by atoms with Crippen LogP contribution in [0.25, 0.3) is 6.08 Å². The van der Waals surface area contributed by atoms with Gasteiger partial charge in [-0.25, -0.2) is 0 Å². The van der Waals surface area contributed by atoms with Crippen molar-refractivity contribution in [1.82, 2.24) is 0 Å². The largest absolute Gasteiger partial charge is 0.294 e. The van der Waals surface area contributed by atoms with Crippen molar-refractivity contribution >= 4 is 11.9 Å². The highest BCUT2D eigenvalue weighted by Crippen LogP contribution is 2.10. The van der Waals surface area contributed by atoms with Gasteiger partial charge in [0.2, 0.25) is 0 Å². The highest BCUT2D eigenvalue weighted by molar-refractivity contribution is 5.97. The van der Waals surface area contributed by atoms with Crippen molar-refractivity contribution < 1.29 is 4.79 Å². The highest BCUT2D eigenvalue weighted by atomic mass is 16.1. The number of carbonyl (C=O) groups is 1. The number of hydrogen-bond acceptors (Lipinski definition) is 2. The molecule has 1 aromatic rings. The quantitative estimate of drug-likeness (QED) is 0.506. The number of carbonyl (C=O) groups excluding carboxylic acids is 1. The number of nitrogens with zero attached hydrogens (tertiary/aromatic N) is 1. The second kappa shape index (κ2) is 4.22. The Kier molecular flexibility index (Phi) is 2.99. The molecule has 0 aromatic heterocycles. The molecule has 0 fully saturated rings. The molecule has 0 aliphatic heterocycles. The maximum absolute atomic E-state index is 11.1. The van der Waals surface area contributed by atoms with Gasteiger partial charge in [-0.1, -0.05) is 24.3 Å². The molecule has 13 heavy (non-hydrogen) atoms. The zero-order valence-electron chi connectivity index (χ0n) is 7.32. The summed E-state index contributed by atoms with van der Waals surface area (Å²) in [6.07, 6.45) is 3.00. The number of ketones is 1. The Balaban J connectivity index is 3.14. The maximum Gasteiger partial charge on any atom is 0.160 e. The predicted molar refractivity (Wildman–Crippen MR) is 51.1 cm³/mol. The van der Waals surface area contributed by atoms with E-state index in [1.807, 2.05) is 18.2 Å². The van der Waals surface area contributed by atoms with Gasteiger partial charge in [0.05, 0.1) is 6.07 Å². The van der Waals surface area contributed by atoms with Gasteiger partial charge in [0, 0.05) is 11.6 Å². The molecule has 0 aliphatic rings. The van der Waals surface area contributed by atoms with Crippen LogP contribution in [0.3, 0.4) is 0 Å². The lowest BCUT2D eigenvalue weighted by Gasteiger charge is -1.99. The fourth-order valence-corrected chi connectivity index (χ4v) is 1.09. The van der Waals surface area contributed by atoms with Crippen molar-refractivity contribution in [1.29, 1.82) is 5.26 Å². The average Bonchev–Trinajstić information content (AvgIpc) is 2.15. The van der Waals surface area contributed by atoms with E-state index in [0.717, 1.165) is 5.56 Å². The van der Waals surface area contributed by atoms with Gasteiger partial charge in [-0.3, -0.25) is 4.79 Å². The SMILES string of the molecule is CC(=O)c1ccccc1C=CC#N. The molecule has 2 nitrogen and oxygen atoms in total. The summed E-state index contributed by atoms with van der Waals surface area (Å²) >= 11 is 0. The summed E-state index contributed by atoms with van der Waals surface area (Å²) in [5.74, 6) is 0.0122. The Hall–Kier alpha value is -1.88. The normalized spacial score (nSPS) is 9.85. The second-order valence-electron chi connectivity index (χ2n) is 2.61.